The number of carbonyl (C=O) groups excluding carboxylic acids is 1. The number of esters is 1. The van der Waals surface area contributed by atoms with Crippen molar-refractivity contribution in [2.24, 2.45) is 0 Å². The van der Waals surface area contributed by atoms with Crippen LogP contribution in [0.15, 0.2) is 90.3 Å². The molecule has 0 aliphatic carbocycles. The maximum absolute atomic E-state index is 13.3. The molecule has 0 radical (unpaired) electrons. The normalized spacial score (nSPS) is 10.9. The molecule has 3 aromatic carbocycles. The van der Waals surface area contributed by atoms with Gasteiger partial charge in [0.25, 0.3) is 15.7 Å². The molecule has 0 aromatic heterocycles. The summed E-state index contributed by atoms with van der Waals surface area (Å²) in [6, 6.07) is 17.4. The number of nitrogens with zero attached hydrogens (tertiary/aromatic N) is 2. The number of rotatable bonds is 9. The highest BCUT2D eigenvalue weighted by molar-refractivity contribution is 7.92. The first-order chi connectivity index (χ1) is 15.7. The van der Waals surface area contributed by atoms with Crippen LogP contribution >= 0.6 is 11.6 Å². The van der Waals surface area contributed by atoms with Crippen LogP contribution in [-0.4, -0.2) is 25.9 Å². The Bertz CT molecular complexity index is 1290. The highest BCUT2D eigenvalue weighted by atomic mass is 35.5. The minimum absolute atomic E-state index is 0.00538. The van der Waals surface area contributed by atoms with Crippen LogP contribution in [0.2, 0.25) is 5.02 Å². The van der Waals surface area contributed by atoms with Gasteiger partial charge < -0.3 is 4.74 Å². The molecule has 0 amide bonds. The van der Waals surface area contributed by atoms with Crippen molar-refractivity contribution in [2.45, 2.75) is 11.5 Å². The van der Waals surface area contributed by atoms with E-state index in [1.54, 1.807) is 30.3 Å². The summed E-state index contributed by atoms with van der Waals surface area (Å²) < 4.78 is 32.9. The zero-order chi connectivity index (χ0) is 24.0. The molecule has 33 heavy (non-hydrogen) atoms. The third-order valence-electron chi connectivity index (χ3n) is 4.56. The standard InChI is InChI=1S/C23H19ClN2O6S/c1-2-13-25(20-11-9-19(24)10-12-20)33(30,31)22-8-4-6-18(15-22)23(27)32-16-17-5-3-7-21(14-17)26(28)29/h2-12,14-15H,1,13,16H2. The smallest absolute Gasteiger partial charge is 0.338 e. The van der Waals surface area contributed by atoms with Gasteiger partial charge in [0.05, 0.1) is 27.6 Å². The van der Waals surface area contributed by atoms with Crippen molar-refractivity contribution in [3.63, 3.8) is 0 Å². The van der Waals surface area contributed by atoms with Gasteiger partial charge in [-0.1, -0.05) is 35.9 Å². The van der Waals surface area contributed by atoms with E-state index in [1.807, 2.05) is 0 Å². The predicted octanol–water partition coefficient (Wildman–Crippen LogP) is 4.99. The van der Waals surface area contributed by atoms with Crippen molar-refractivity contribution >= 4 is 39.0 Å². The van der Waals surface area contributed by atoms with Gasteiger partial charge in [0, 0.05) is 17.2 Å². The number of ether oxygens (including phenoxy) is 1. The first-order valence-electron chi connectivity index (χ1n) is 9.62. The van der Waals surface area contributed by atoms with Crippen molar-refractivity contribution < 1.29 is 22.9 Å². The summed E-state index contributed by atoms with van der Waals surface area (Å²) in [5, 5.41) is 11.4. The molecular weight excluding hydrogens is 468 g/mol. The van der Waals surface area contributed by atoms with Gasteiger partial charge in [0.2, 0.25) is 0 Å². The Kier molecular flexibility index (Phi) is 7.47. The van der Waals surface area contributed by atoms with Crippen LogP contribution in [0.4, 0.5) is 11.4 Å². The van der Waals surface area contributed by atoms with Crippen molar-refractivity contribution in [3.05, 3.63) is 112 Å². The van der Waals surface area contributed by atoms with Gasteiger partial charge in [0.1, 0.15) is 6.61 Å². The lowest BCUT2D eigenvalue weighted by atomic mass is 10.2. The van der Waals surface area contributed by atoms with Crippen molar-refractivity contribution in [3.8, 4) is 0 Å². The summed E-state index contributed by atoms with van der Waals surface area (Å²) in [6.45, 7) is 3.42. The minimum atomic E-state index is -4.03. The third kappa shape index (κ3) is 5.76. The van der Waals surface area contributed by atoms with E-state index < -0.39 is 20.9 Å². The van der Waals surface area contributed by atoms with Crippen molar-refractivity contribution in [2.75, 3.05) is 10.8 Å². The molecule has 170 valence electrons. The second-order valence-corrected chi connectivity index (χ2v) is 9.13. The molecule has 0 atom stereocenters. The molecule has 0 bridgehead atoms. The Hall–Kier alpha value is -3.69. The molecule has 0 aliphatic rings. The lowest BCUT2D eigenvalue weighted by Gasteiger charge is -2.23. The predicted molar refractivity (Wildman–Crippen MR) is 125 cm³/mol. The minimum Gasteiger partial charge on any atom is -0.457 e. The molecule has 0 heterocycles. The molecule has 0 unspecified atom stereocenters. The number of carbonyl (C=O) groups is 1. The summed E-state index contributed by atoms with van der Waals surface area (Å²) in [7, 11) is -4.03. The average molecular weight is 487 g/mol. The molecule has 0 fully saturated rings. The number of non-ortho nitro benzene ring substituents is 1. The van der Waals surface area contributed by atoms with E-state index >= 15 is 0 Å². The van der Waals surface area contributed by atoms with E-state index in [0.29, 0.717) is 16.3 Å². The Morgan fingerprint density at radius 3 is 2.45 bits per heavy atom. The van der Waals surface area contributed by atoms with Gasteiger partial charge in [-0.25, -0.2) is 13.2 Å². The first-order valence-corrected chi connectivity index (χ1v) is 11.4. The molecule has 0 saturated carbocycles. The fourth-order valence-corrected chi connectivity index (χ4v) is 4.58. The van der Waals surface area contributed by atoms with Gasteiger partial charge >= 0.3 is 5.97 Å². The summed E-state index contributed by atoms with van der Waals surface area (Å²) >= 11 is 5.91. The number of nitro benzene ring substituents is 1. The Labute approximate surface area is 195 Å². The fraction of sp³-hybridized carbons (Fsp3) is 0.0870. The molecule has 0 N–H and O–H groups in total. The Morgan fingerprint density at radius 1 is 1.09 bits per heavy atom. The van der Waals surface area contributed by atoms with E-state index in [0.717, 1.165) is 4.31 Å². The van der Waals surface area contributed by atoms with Gasteiger partial charge in [-0.2, -0.15) is 0 Å². The Morgan fingerprint density at radius 2 is 1.79 bits per heavy atom. The molecule has 0 saturated heterocycles. The summed E-state index contributed by atoms with van der Waals surface area (Å²) in [4.78, 5) is 22.8. The molecule has 0 aliphatic heterocycles. The van der Waals surface area contributed by atoms with E-state index in [4.69, 9.17) is 16.3 Å². The maximum Gasteiger partial charge on any atom is 0.338 e. The van der Waals surface area contributed by atoms with Crippen LogP contribution in [0.5, 0.6) is 0 Å². The molecular formula is C23H19ClN2O6S. The number of hydrogen-bond acceptors (Lipinski definition) is 6. The topological polar surface area (TPSA) is 107 Å². The number of anilines is 1. The van der Waals surface area contributed by atoms with E-state index in [2.05, 4.69) is 6.58 Å². The highest BCUT2D eigenvalue weighted by Crippen LogP contribution is 2.26. The van der Waals surface area contributed by atoms with Crippen LogP contribution < -0.4 is 4.31 Å². The molecule has 8 nitrogen and oxygen atoms in total. The van der Waals surface area contributed by atoms with Gasteiger partial charge in [-0.3, -0.25) is 14.4 Å². The van der Waals surface area contributed by atoms with Crippen LogP contribution in [0.25, 0.3) is 0 Å². The average Bonchev–Trinajstić information content (AvgIpc) is 2.82. The highest BCUT2D eigenvalue weighted by Gasteiger charge is 2.25. The van der Waals surface area contributed by atoms with E-state index in [-0.39, 0.29) is 29.3 Å². The van der Waals surface area contributed by atoms with E-state index in [1.165, 1.54) is 48.5 Å². The quantitative estimate of drug-likeness (QED) is 0.182. The van der Waals surface area contributed by atoms with Crippen LogP contribution in [0.3, 0.4) is 0 Å². The summed E-state index contributed by atoms with van der Waals surface area (Å²) in [5.41, 5.74) is 0.719. The molecule has 0 spiro atoms. The number of benzene rings is 3. The van der Waals surface area contributed by atoms with Crippen molar-refractivity contribution in [1.82, 2.24) is 0 Å². The summed E-state index contributed by atoms with van der Waals surface area (Å²) in [6.07, 6.45) is 1.45. The second-order valence-electron chi connectivity index (χ2n) is 6.83. The Balaban J connectivity index is 1.83. The number of nitro groups is 1. The summed E-state index contributed by atoms with van der Waals surface area (Å²) in [5.74, 6) is -0.764. The van der Waals surface area contributed by atoms with Crippen LogP contribution in [-0.2, 0) is 21.4 Å². The fourth-order valence-electron chi connectivity index (χ4n) is 2.97. The van der Waals surface area contributed by atoms with Crippen LogP contribution in [0.1, 0.15) is 15.9 Å². The maximum atomic E-state index is 13.3. The zero-order valence-corrected chi connectivity index (χ0v) is 18.8. The molecule has 3 rings (SSSR count). The molecule has 10 heteroatoms. The monoisotopic (exact) mass is 486 g/mol. The number of halogens is 1. The lowest BCUT2D eigenvalue weighted by Crippen LogP contribution is -2.31. The van der Waals surface area contributed by atoms with Gasteiger partial charge in [-0.15, -0.1) is 6.58 Å². The first kappa shape index (κ1) is 24.0. The lowest BCUT2D eigenvalue weighted by molar-refractivity contribution is -0.384. The van der Waals surface area contributed by atoms with Gasteiger partial charge in [-0.05, 0) is 48.0 Å². The van der Waals surface area contributed by atoms with Crippen LogP contribution in [0, 0.1) is 10.1 Å². The SMILES string of the molecule is C=CCN(c1ccc(Cl)cc1)S(=O)(=O)c1cccc(C(=O)OCc2cccc([N+](=O)[O-])c2)c1. The largest absolute Gasteiger partial charge is 0.457 e. The number of hydrogen-bond donors (Lipinski definition) is 0. The van der Waals surface area contributed by atoms with Gasteiger partial charge in [0.15, 0.2) is 0 Å². The third-order valence-corrected chi connectivity index (χ3v) is 6.60. The zero-order valence-electron chi connectivity index (χ0n) is 17.3. The number of sulfonamides is 1. The van der Waals surface area contributed by atoms with Crippen molar-refractivity contribution in [1.29, 1.82) is 0 Å². The molecule has 3 aromatic rings. The second kappa shape index (κ2) is 10.3. The van der Waals surface area contributed by atoms with E-state index in [9.17, 15) is 23.3 Å².